The van der Waals surface area contributed by atoms with Crippen molar-refractivity contribution in [1.29, 1.82) is 0 Å². The number of nitrogens with zero attached hydrogens (tertiary/aromatic N) is 1. The molecule has 4 nitrogen and oxygen atoms in total. The zero-order chi connectivity index (χ0) is 9.68. The number of hydrogen-bond acceptors (Lipinski definition) is 6. The Morgan fingerprint density at radius 2 is 2.08 bits per heavy atom. The van der Waals surface area contributed by atoms with Crippen LogP contribution >= 0.6 is 59.5 Å². The molecule has 3 N–H and O–H groups in total. The molecule has 0 aliphatic carbocycles. The van der Waals surface area contributed by atoms with Crippen molar-refractivity contribution >= 4 is 59.5 Å². The van der Waals surface area contributed by atoms with Crippen molar-refractivity contribution in [2.75, 3.05) is 0 Å². The van der Waals surface area contributed by atoms with E-state index >= 15 is 0 Å². The van der Waals surface area contributed by atoms with E-state index in [0.717, 1.165) is 7.78 Å². The number of rotatable bonds is 0. The van der Waals surface area contributed by atoms with Gasteiger partial charge in [-0.05, 0) is 23.8 Å². The smallest absolute Gasteiger partial charge is 0.176 e. The summed E-state index contributed by atoms with van der Waals surface area (Å²) in [5.74, 6) is 0. The van der Waals surface area contributed by atoms with Gasteiger partial charge < -0.3 is 0 Å². The lowest BCUT2D eigenvalue weighted by Crippen LogP contribution is -1.57. The third-order valence-electron chi connectivity index (χ3n) is 0.862. The average Bonchev–Trinajstić information content (AvgIpc) is 2.67. The van der Waals surface area contributed by atoms with Crippen LogP contribution in [0.4, 0.5) is 0 Å². The Labute approximate surface area is 96.8 Å². The number of hydrogen-bond donors (Lipinski definition) is 3. The molecule has 2 aromatic heterocycles. The van der Waals surface area contributed by atoms with Gasteiger partial charge in [0.15, 0.2) is 3.95 Å². The van der Waals surface area contributed by atoms with Crippen molar-refractivity contribution in [1.82, 2.24) is 19.8 Å². The van der Waals surface area contributed by atoms with Crippen LogP contribution in [0.2, 0.25) is 0 Å². The van der Waals surface area contributed by atoms with Crippen LogP contribution in [0.1, 0.15) is 0 Å². The summed E-state index contributed by atoms with van der Waals surface area (Å²) < 4.78 is 4.78. The van der Waals surface area contributed by atoms with Gasteiger partial charge in [0.05, 0.1) is 0 Å². The zero-order valence-electron chi connectivity index (χ0n) is 6.07. The van der Waals surface area contributed by atoms with Crippen molar-refractivity contribution < 1.29 is 0 Å². The molecule has 2 heterocycles. The van der Waals surface area contributed by atoms with Crippen LogP contribution in [-0.2, 0) is 0 Å². The standard InChI is InChI=1S/C2H2N2S3.C2H2N2S2/c5-1-2(6)7-4-3-1;5-2-4-3-1-6-2/h4H,(H,3,5);1H,(H,4,5). The van der Waals surface area contributed by atoms with E-state index in [1.54, 1.807) is 5.51 Å². The first-order chi connectivity index (χ1) is 6.20. The van der Waals surface area contributed by atoms with Gasteiger partial charge in [-0.15, -0.1) is 0 Å². The van der Waals surface area contributed by atoms with Crippen LogP contribution in [0, 0.1) is 12.4 Å². The van der Waals surface area contributed by atoms with Crippen molar-refractivity contribution in [3.05, 3.63) is 17.9 Å². The van der Waals surface area contributed by atoms with Crippen LogP contribution in [0.5, 0.6) is 0 Å². The van der Waals surface area contributed by atoms with Crippen LogP contribution in [0.25, 0.3) is 0 Å². The maximum Gasteiger partial charge on any atom is 0.176 e. The Hall–Kier alpha value is -0.220. The SMILES string of the molecule is S=c1[nH][nH]sc1=S.S=c1[nH]ncs1. The largest absolute Gasteiger partial charge is 0.280 e. The predicted octanol–water partition coefficient (Wildman–Crippen LogP) is 3.06. The number of nitrogens with one attached hydrogen (secondary N) is 3. The van der Waals surface area contributed by atoms with Crippen LogP contribution < -0.4 is 0 Å². The van der Waals surface area contributed by atoms with Crippen molar-refractivity contribution in [3.63, 3.8) is 0 Å². The van der Waals surface area contributed by atoms with E-state index in [1.165, 1.54) is 22.9 Å². The van der Waals surface area contributed by atoms with Crippen molar-refractivity contribution in [2.45, 2.75) is 0 Å². The molecular formula is C4H4N4S5. The monoisotopic (exact) mass is 268 g/mol. The lowest BCUT2D eigenvalue weighted by molar-refractivity contribution is 1.08. The number of aromatic nitrogens is 4. The quantitative estimate of drug-likeness (QED) is 0.643. The fourth-order valence-electron chi connectivity index (χ4n) is 0.395. The first-order valence-electron chi connectivity index (χ1n) is 2.94. The van der Waals surface area contributed by atoms with Crippen molar-refractivity contribution in [2.24, 2.45) is 0 Å². The second kappa shape index (κ2) is 5.50. The minimum Gasteiger partial charge on any atom is -0.280 e. The molecule has 0 atom stereocenters. The molecular weight excluding hydrogens is 264 g/mol. The summed E-state index contributed by atoms with van der Waals surface area (Å²) in [6.45, 7) is 0. The lowest BCUT2D eigenvalue weighted by atomic mass is 11.0. The van der Waals surface area contributed by atoms with E-state index in [0.29, 0.717) is 4.64 Å². The van der Waals surface area contributed by atoms with Gasteiger partial charge in [0.25, 0.3) is 0 Å². The fourth-order valence-corrected chi connectivity index (χ4v) is 1.69. The number of aromatic amines is 3. The molecule has 0 aromatic carbocycles. The molecule has 0 amide bonds. The molecule has 0 fully saturated rings. The van der Waals surface area contributed by atoms with Crippen LogP contribution in [0.3, 0.4) is 0 Å². The molecule has 0 radical (unpaired) electrons. The van der Waals surface area contributed by atoms with E-state index in [2.05, 4.69) is 32.0 Å². The summed E-state index contributed by atoms with van der Waals surface area (Å²) >= 11 is 16.9. The highest BCUT2D eigenvalue weighted by Crippen LogP contribution is 1.93. The van der Waals surface area contributed by atoms with Gasteiger partial charge in [0, 0.05) is 0 Å². The molecule has 0 spiro atoms. The summed E-state index contributed by atoms with van der Waals surface area (Å²) in [5, 5.41) is 8.87. The summed E-state index contributed by atoms with van der Waals surface area (Å²) in [5.41, 5.74) is 1.67. The summed E-state index contributed by atoms with van der Waals surface area (Å²) in [6.07, 6.45) is 0. The van der Waals surface area contributed by atoms with E-state index in [-0.39, 0.29) is 0 Å². The van der Waals surface area contributed by atoms with Gasteiger partial charge in [0.1, 0.15) is 14.0 Å². The maximum absolute atomic E-state index is 4.74. The Morgan fingerprint density at radius 3 is 2.23 bits per heavy atom. The van der Waals surface area contributed by atoms with Gasteiger partial charge in [-0.1, -0.05) is 35.8 Å². The molecule has 2 aromatic rings. The molecule has 13 heavy (non-hydrogen) atoms. The highest BCUT2D eigenvalue weighted by Gasteiger charge is 1.77. The van der Waals surface area contributed by atoms with E-state index in [9.17, 15) is 0 Å². The van der Waals surface area contributed by atoms with Gasteiger partial charge >= 0.3 is 0 Å². The zero-order valence-corrected chi connectivity index (χ0v) is 10.1. The van der Waals surface area contributed by atoms with Gasteiger partial charge in [-0.2, -0.15) is 5.10 Å². The van der Waals surface area contributed by atoms with Gasteiger partial charge in [-0.3, -0.25) is 14.7 Å². The first kappa shape index (κ1) is 10.9. The second-order valence-electron chi connectivity index (χ2n) is 1.70. The molecule has 0 aliphatic heterocycles. The fraction of sp³-hybridized carbons (Fsp3) is 0. The first-order valence-corrected chi connectivity index (χ1v) is 5.86. The molecule has 70 valence electrons. The topological polar surface area (TPSA) is 60.3 Å². The molecule has 0 saturated heterocycles. The van der Waals surface area contributed by atoms with Gasteiger partial charge in [-0.25, -0.2) is 0 Å². The molecule has 0 aliphatic rings. The second-order valence-corrected chi connectivity index (χ2v) is 5.11. The third-order valence-corrected chi connectivity index (χ3v) is 3.37. The minimum atomic E-state index is 0.625. The normalized spacial score (nSPS) is 8.92. The Bertz CT molecular complexity index is 456. The highest BCUT2D eigenvalue weighted by atomic mass is 32.2. The Kier molecular flexibility index (Phi) is 4.59. The predicted molar refractivity (Wildman–Crippen MR) is 62.0 cm³/mol. The van der Waals surface area contributed by atoms with Gasteiger partial charge in [0.2, 0.25) is 0 Å². The Morgan fingerprint density at radius 1 is 1.31 bits per heavy atom. The van der Waals surface area contributed by atoms with E-state index < -0.39 is 0 Å². The summed E-state index contributed by atoms with van der Waals surface area (Å²) in [6, 6.07) is 0. The summed E-state index contributed by atoms with van der Waals surface area (Å²) in [4.78, 5) is 0. The van der Waals surface area contributed by atoms with Crippen molar-refractivity contribution in [3.8, 4) is 0 Å². The lowest BCUT2D eigenvalue weighted by Gasteiger charge is -1.56. The maximum atomic E-state index is 4.74. The Balaban J connectivity index is 0.000000132. The molecule has 0 saturated carbocycles. The number of H-pyrrole nitrogens is 3. The third kappa shape index (κ3) is 4.00. The molecule has 9 heteroatoms. The van der Waals surface area contributed by atoms with E-state index in [4.69, 9.17) is 24.4 Å². The van der Waals surface area contributed by atoms with Crippen LogP contribution in [-0.4, -0.2) is 19.8 Å². The molecule has 0 bridgehead atoms. The highest BCUT2D eigenvalue weighted by molar-refractivity contribution is 7.75. The van der Waals surface area contributed by atoms with E-state index in [1.807, 2.05) is 0 Å². The minimum absolute atomic E-state index is 0.625. The average molecular weight is 268 g/mol. The molecule has 0 unspecified atom stereocenters. The molecule has 2 rings (SSSR count). The summed E-state index contributed by atoms with van der Waals surface area (Å²) in [7, 11) is 0. The van der Waals surface area contributed by atoms with Crippen LogP contribution in [0.15, 0.2) is 5.51 Å².